The fraction of sp³-hybridized carbons (Fsp3) is 0.500. The van der Waals surface area contributed by atoms with E-state index in [0.29, 0.717) is 6.42 Å². The van der Waals surface area contributed by atoms with Crippen molar-refractivity contribution in [2.45, 2.75) is 25.5 Å². The summed E-state index contributed by atoms with van der Waals surface area (Å²) in [5.41, 5.74) is 10.3. The number of furan rings is 1. The lowest BCUT2D eigenvalue weighted by Crippen LogP contribution is -2.52. The average Bonchev–Trinajstić information content (AvgIpc) is 2.97. The molecule has 0 saturated carbocycles. The first kappa shape index (κ1) is 16.5. The lowest BCUT2D eigenvalue weighted by molar-refractivity contribution is -0.131. The van der Waals surface area contributed by atoms with Gasteiger partial charge in [-0.25, -0.2) is 0 Å². The van der Waals surface area contributed by atoms with Gasteiger partial charge in [0.05, 0.1) is 11.8 Å². The van der Waals surface area contributed by atoms with E-state index in [1.54, 1.807) is 11.8 Å². The zero-order valence-corrected chi connectivity index (χ0v) is 12.0. The molecule has 0 aliphatic carbocycles. The van der Waals surface area contributed by atoms with Gasteiger partial charge in [-0.3, -0.25) is 20.4 Å². The second kappa shape index (κ2) is 8.62. The Morgan fingerprint density at radius 3 is 2.85 bits per heavy atom. The van der Waals surface area contributed by atoms with Crippen molar-refractivity contribution < 1.29 is 19.1 Å². The van der Waals surface area contributed by atoms with Gasteiger partial charge in [-0.2, -0.15) is 11.8 Å². The molecule has 0 aliphatic rings. The summed E-state index contributed by atoms with van der Waals surface area (Å²) in [5, 5.41) is 9.71. The Morgan fingerprint density at radius 1 is 1.50 bits per heavy atom. The standard InChI is InChI=1S/C12H19N3O4S/c1-2-20-6-4-9(13)10(16)12(18)15-14-11(17)8-3-5-19-7-8/h3,5,7,9-10,16H,2,4,6,13H2,1H3,(H,14,17)(H,15,18)/t9-,10?/m1/s1. The minimum Gasteiger partial charge on any atom is -0.472 e. The van der Waals surface area contributed by atoms with E-state index in [1.807, 2.05) is 6.92 Å². The highest BCUT2D eigenvalue weighted by atomic mass is 32.2. The molecule has 112 valence electrons. The fourth-order valence-electron chi connectivity index (χ4n) is 1.37. The number of aliphatic hydroxyl groups is 1. The van der Waals surface area contributed by atoms with Gasteiger partial charge >= 0.3 is 0 Å². The average molecular weight is 301 g/mol. The number of amides is 2. The molecule has 8 heteroatoms. The van der Waals surface area contributed by atoms with Crippen LogP contribution in [0.5, 0.6) is 0 Å². The number of hydrazine groups is 1. The highest BCUT2D eigenvalue weighted by Crippen LogP contribution is 2.05. The second-order valence-electron chi connectivity index (χ2n) is 4.05. The lowest BCUT2D eigenvalue weighted by Gasteiger charge is -2.18. The maximum Gasteiger partial charge on any atom is 0.272 e. The summed E-state index contributed by atoms with van der Waals surface area (Å²) in [6, 6.07) is 0.783. The van der Waals surface area contributed by atoms with Crippen LogP contribution in [0, 0.1) is 0 Å². The minimum absolute atomic E-state index is 0.267. The molecule has 5 N–H and O–H groups in total. The van der Waals surface area contributed by atoms with Gasteiger partial charge in [0.25, 0.3) is 11.8 Å². The number of hydrogen-bond donors (Lipinski definition) is 4. The maximum atomic E-state index is 11.6. The predicted octanol–water partition coefficient (Wildman–Crippen LogP) is -0.128. The number of carbonyl (C=O) groups excluding carboxylic acids is 2. The van der Waals surface area contributed by atoms with Crippen LogP contribution in [0.3, 0.4) is 0 Å². The Balaban J connectivity index is 2.32. The van der Waals surface area contributed by atoms with Gasteiger partial charge in [0.2, 0.25) is 0 Å². The Kier molecular flexibility index (Phi) is 7.13. The van der Waals surface area contributed by atoms with Crippen LogP contribution in [0.15, 0.2) is 23.0 Å². The van der Waals surface area contributed by atoms with Gasteiger partial charge < -0.3 is 15.3 Å². The molecule has 0 spiro atoms. The molecular formula is C12H19N3O4S. The van der Waals surface area contributed by atoms with E-state index < -0.39 is 24.0 Å². The molecular weight excluding hydrogens is 282 g/mol. The molecule has 1 aromatic rings. The summed E-state index contributed by atoms with van der Waals surface area (Å²) in [4.78, 5) is 23.1. The molecule has 0 bridgehead atoms. The first-order chi connectivity index (χ1) is 9.56. The molecule has 0 saturated heterocycles. The van der Waals surface area contributed by atoms with Gasteiger partial charge in [0.15, 0.2) is 0 Å². The third kappa shape index (κ3) is 5.24. The highest BCUT2D eigenvalue weighted by molar-refractivity contribution is 7.99. The van der Waals surface area contributed by atoms with Crippen LogP contribution in [0.4, 0.5) is 0 Å². The Bertz CT molecular complexity index is 424. The summed E-state index contributed by atoms with van der Waals surface area (Å²) in [5.74, 6) is 0.448. The molecule has 1 heterocycles. The SMILES string of the molecule is CCSCC[C@@H](N)C(O)C(=O)NNC(=O)c1ccoc1. The van der Waals surface area contributed by atoms with Crippen LogP contribution in [-0.4, -0.2) is 40.6 Å². The van der Waals surface area contributed by atoms with Crippen LogP contribution >= 0.6 is 11.8 Å². The van der Waals surface area contributed by atoms with Crippen molar-refractivity contribution in [3.8, 4) is 0 Å². The number of thioether (sulfide) groups is 1. The van der Waals surface area contributed by atoms with Crippen molar-refractivity contribution in [2.24, 2.45) is 5.73 Å². The van der Waals surface area contributed by atoms with Crippen molar-refractivity contribution >= 4 is 23.6 Å². The Labute approximate surface area is 121 Å². The smallest absolute Gasteiger partial charge is 0.272 e. The van der Waals surface area contributed by atoms with Gasteiger partial charge in [-0.15, -0.1) is 0 Å². The number of nitrogens with two attached hydrogens (primary N) is 1. The van der Waals surface area contributed by atoms with Gasteiger partial charge in [0, 0.05) is 6.04 Å². The molecule has 2 atom stereocenters. The van der Waals surface area contributed by atoms with Crippen LogP contribution in [0.1, 0.15) is 23.7 Å². The molecule has 20 heavy (non-hydrogen) atoms. The van der Waals surface area contributed by atoms with Crippen molar-refractivity contribution in [3.05, 3.63) is 24.2 Å². The second-order valence-corrected chi connectivity index (χ2v) is 5.44. The molecule has 2 amide bonds. The maximum absolute atomic E-state index is 11.6. The first-order valence-corrected chi connectivity index (χ1v) is 7.35. The summed E-state index contributed by atoms with van der Waals surface area (Å²) >= 11 is 1.68. The van der Waals surface area contributed by atoms with Crippen LogP contribution in [0.25, 0.3) is 0 Å². The Morgan fingerprint density at radius 2 is 2.25 bits per heavy atom. The fourth-order valence-corrected chi connectivity index (χ4v) is 2.10. The largest absolute Gasteiger partial charge is 0.472 e. The predicted molar refractivity (Wildman–Crippen MR) is 75.9 cm³/mol. The summed E-state index contributed by atoms with van der Waals surface area (Å²) in [6.07, 6.45) is 1.73. The summed E-state index contributed by atoms with van der Waals surface area (Å²) in [6.45, 7) is 2.02. The van der Waals surface area contributed by atoms with E-state index >= 15 is 0 Å². The van der Waals surface area contributed by atoms with Crippen LogP contribution < -0.4 is 16.6 Å². The molecule has 0 aromatic carbocycles. The monoisotopic (exact) mass is 301 g/mol. The van der Waals surface area contributed by atoms with Gasteiger partial charge in [-0.1, -0.05) is 6.92 Å². The van der Waals surface area contributed by atoms with E-state index in [2.05, 4.69) is 10.9 Å². The zero-order chi connectivity index (χ0) is 15.0. The molecule has 0 aliphatic heterocycles. The number of nitrogens with one attached hydrogen (secondary N) is 2. The van der Waals surface area contributed by atoms with Crippen LogP contribution in [0.2, 0.25) is 0 Å². The van der Waals surface area contributed by atoms with E-state index in [4.69, 9.17) is 10.2 Å². The van der Waals surface area contributed by atoms with E-state index in [9.17, 15) is 14.7 Å². The van der Waals surface area contributed by atoms with Crippen LogP contribution in [-0.2, 0) is 4.79 Å². The quantitative estimate of drug-likeness (QED) is 0.412. The van der Waals surface area contributed by atoms with E-state index in [1.165, 1.54) is 18.6 Å². The van der Waals surface area contributed by atoms with Crippen molar-refractivity contribution in [1.82, 2.24) is 10.9 Å². The topological polar surface area (TPSA) is 118 Å². The van der Waals surface area contributed by atoms with Crippen molar-refractivity contribution in [3.63, 3.8) is 0 Å². The van der Waals surface area contributed by atoms with E-state index in [-0.39, 0.29) is 5.56 Å². The minimum atomic E-state index is -1.36. The number of carbonyl (C=O) groups is 2. The number of aliphatic hydroxyl groups excluding tert-OH is 1. The Hall–Kier alpha value is -1.51. The lowest BCUT2D eigenvalue weighted by atomic mass is 10.1. The molecule has 7 nitrogen and oxygen atoms in total. The molecule has 1 rings (SSSR count). The van der Waals surface area contributed by atoms with Crippen molar-refractivity contribution in [1.29, 1.82) is 0 Å². The van der Waals surface area contributed by atoms with Crippen molar-refractivity contribution in [2.75, 3.05) is 11.5 Å². The third-order valence-corrected chi connectivity index (χ3v) is 3.49. The molecule has 0 fully saturated rings. The molecule has 0 radical (unpaired) electrons. The number of rotatable bonds is 7. The third-order valence-electron chi connectivity index (χ3n) is 2.56. The first-order valence-electron chi connectivity index (χ1n) is 6.20. The summed E-state index contributed by atoms with van der Waals surface area (Å²) in [7, 11) is 0. The number of hydrogen-bond acceptors (Lipinski definition) is 6. The zero-order valence-electron chi connectivity index (χ0n) is 11.2. The highest BCUT2D eigenvalue weighted by Gasteiger charge is 2.23. The molecule has 1 unspecified atom stereocenters. The van der Waals surface area contributed by atoms with Gasteiger partial charge in [-0.05, 0) is 24.0 Å². The van der Waals surface area contributed by atoms with Gasteiger partial charge in [0.1, 0.15) is 12.4 Å². The molecule has 1 aromatic heterocycles. The summed E-state index contributed by atoms with van der Waals surface area (Å²) < 4.78 is 4.74. The van der Waals surface area contributed by atoms with E-state index in [0.717, 1.165) is 11.5 Å². The normalized spacial score (nSPS) is 13.6.